The minimum absolute atomic E-state index is 0.200. The summed E-state index contributed by atoms with van der Waals surface area (Å²) in [7, 11) is 0. The molecule has 0 saturated carbocycles. The molecule has 1 aliphatic heterocycles. The Bertz CT molecular complexity index is 490. The maximum absolute atomic E-state index is 5.89. The highest BCUT2D eigenvalue weighted by molar-refractivity contribution is 5.47. The Morgan fingerprint density at radius 2 is 2.31 bits per heavy atom. The number of fused-ring (bicyclic) bond motifs is 1. The zero-order valence-electron chi connectivity index (χ0n) is 8.87. The predicted molar refractivity (Wildman–Crippen MR) is 59.5 cm³/mol. The number of nitrogens with zero attached hydrogens (tertiary/aromatic N) is 4. The summed E-state index contributed by atoms with van der Waals surface area (Å²) >= 11 is 0. The van der Waals surface area contributed by atoms with E-state index in [0.29, 0.717) is 5.82 Å². The van der Waals surface area contributed by atoms with Gasteiger partial charge < -0.3 is 5.73 Å². The van der Waals surface area contributed by atoms with E-state index in [2.05, 4.69) is 15.1 Å². The second-order valence-corrected chi connectivity index (χ2v) is 4.05. The van der Waals surface area contributed by atoms with Crippen LogP contribution < -0.4 is 5.73 Å². The summed E-state index contributed by atoms with van der Waals surface area (Å²) in [5.74, 6) is 1.71. The third-order valence-electron chi connectivity index (χ3n) is 2.79. The van der Waals surface area contributed by atoms with Gasteiger partial charge in [0.2, 0.25) is 0 Å². The minimum Gasteiger partial charge on any atom is -0.326 e. The van der Waals surface area contributed by atoms with Gasteiger partial charge in [0.1, 0.15) is 11.5 Å². The Balaban J connectivity index is 1.99. The lowest BCUT2D eigenvalue weighted by Crippen LogP contribution is -2.32. The molecule has 1 aliphatic rings. The quantitative estimate of drug-likeness (QED) is 0.756. The molecule has 0 radical (unpaired) electrons. The van der Waals surface area contributed by atoms with Gasteiger partial charge in [-0.2, -0.15) is 0 Å². The molecule has 1 unspecified atom stereocenters. The summed E-state index contributed by atoms with van der Waals surface area (Å²) in [5, 5.41) is 4.43. The van der Waals surface area contributed by atoms with Crippen LogP contribution in [0.2, 0.25) is 0 Å². The zero-order chi connectivity index (χ0) is 11.0. The summed E-state index contributed by atoms with van der Waals surface area (Å²) in [5.41, 5.74) is 6.71. The fourth-order valence-corrected chi connectivity index (χ4v) is 1.94. The monoisotopic (exact) mass is 215 g/mol. The largest absolute Gasteiger partial charge is 0.326 e. The molecule has 2 N–H and O–H groups in total. The van der Waals surface area contributed by atoms with Gasteiger partial charge in [0.15, 0.2) is 5.82 Å². The van der Waals surface area contributed by atoms with Gasteiger partial charge in [-0.3, -0.25) is 4.98 Å². The second-order valence-electron chi connectivity index (χ2n) is 4.05. The molecule has 16 heavy (non-hydrogen) atoms. The molecule has 1 atom stereocenters. The Hall–Kier alpha value is -1.75. The first kappa shape index (κ1) is 9.47. The van der Waals surface area contributed by atoms with Crippen molar-refractivity contribution in [3.63, 3.8) is 0 Å². The van der Waals surface area contributed by atoms with E-state index in [9.17, 15) is 0 Å². The average molecular weight is 215 g/mol. The maximum Gasteiger partial charge on any atom is 0.200 e. The van der Waals surface area contributed by atoms with E-state index >= 15 is 0 Å². The summed E-state index contributed by atoms with van der Waals surface area (Å²) in [6, 6.07) is 5.94. The van der Waals surface area contributed by atoms with Gasteiger partial charge in [0.05, 0.1) is 6.54 Å². The van der Waals surface area contributed by atoms with Crippen LogP contribution in [0.15, 0.2) is 24.4 Å². The smallest absolute Gasteiger partial charge is 0.200 e. The highest BCUT2D eigenvalue weighted by Crippen LogP contribution is 2.17. The van der Waals surface area contributed by atoms with Gasteiger partial charge in [-0.05, 0) is 18.6 Å². The third-order valence-corrected chi connectivity index (χ3v) is 2.79. The van der Waals surface area contributed by atoms with E-state index < -0.39 is 0 Å². The predicted octanol–water partition coefficient (Wildman–Crippen LogP) is 0.614. The van der Waals surface area contributed by atoms with Crippen LogP contribution in [0.4, 0.5) is 0 Å². The van der Waals surface area contributed by atoms with Gasteiger partial charge in [0.25, 0.3) is 0 Å². The molecule has 0 amide bonds. The number of pyridine rings is 1. The molecule has 82 valence electrons. The van der Waals surface area contributed by atoms with Gasteiger partial charge in [0, 0.05) is 18.7 Å². The Kier molecular flexibility index (Phi) is 2.18. The van der Waals surface area contributed by atoms with Crippen molar-refractivity contribution in [2.24, 2.45) is 5.73 Å². The Morgan fingerprint density at radius 3 is 3.12 bits per heavy atom. The van der Waals surface area contributed by atoms with Crippen LogP contribution in [-0.4, -0.2) is 25.8 Å². The zero-order valence-corrected chi connectivity index (χ0v) is 8.87. The molecular weight excluding hydrogens is 202 g/mol. The summed E-state index contributed by atoms with van der Waals surface area (Å²) in [6.07, 6.45) is 3.64. The lowest BCUT2D eigenvalue weighted by atomic mass is 10.1. The molecule has 0 saturated heterocycles. The highest BCUT2D eigenvalue weighted by atomic mass is 15.4. The first-order valence-corrected chi connectivity index (χ1v) is 5.43. The summed E-state index contributed by atoms with van der Waals surface area (Å²) in [6.45, 7) is 0.759. The number of aromatic nitrogens is 4. The standard InChI is InChI=1S/C11H13N5/c12-8-4-5-10-14-11(15-16(10)7-8)9-3-1-2-6-13-9/h1-3,6,8H,4-5,7,12H2. The van der Waals surface area contributed by atoms with Gasteiger partial charge in [-0.1, -0.05) is 6.07 Å². The molecular formula is C11H13N5. The minimum atomic E-state index is 0.200. The Labute approximate surface area is 93.3 Å². The number of hydrogen-bond acceptors (Lipinski definition) is 4. The van der Waals surface area contributed by atoms with E-state index in [1.54, 1.807) is 6.20 Å². The van der Waals surface area contributed by atoms with Crippen molar-refractivity contribution < 1.29 is 0 Å². The molecule has 0 bridgehead atoms. The molecule has 2 aromatic heterocycles. The van der Waals surface area contributed by atoms with Crippen molar-refractivity contribution in [3.8, 4) is 11.5 Å². The molecule has 0 aliphatic carbocycles. The molecule has 5 nitrogen and oxygen atoms in total. The summed E-state index contributed by atoms with van der Waals surface area (Å²) < 4.78 is 1.90. The lowest BCUT2D eigenvalue weighted by Gasteiger charge is -2.17. The van der Waals surface area contributed by atoms with E-state index in [0.717, 1.165) is 30.9 Å². The number of aryl methyl sites for hydroxylation is 1. The molecule has 0 spiro atoms. The van der Waals surface area contributed by atoms with Crippen molar-refractivity contribution >= 4 is 0 Å². The summed E-state index contributed by atoms with van der Waals surface area (Å²) in [4.78, 5) is 8.73. The molecule has 0 fully saturated rings. The highest BCUT2D eigenvalue weighted by Gasteiger charge is 2.19. The molecule has 3 heterocycles. The van der Waals surface area contributed by atoms with Crippen LogP contribution in [0, 0.1) is 0 Å². The van der Waals surface area contributed by atoms with Crippen LogP contribution >= 0.6 is 0 Å². The number of nitrogens with two attached hydrogens (primary N) is 1. The SMILES string of the molecule is NC1CCc2nc(-c3ccccn3)nn2C1. The Morgan fingerprint density at radius 1 is 1.38 bits per heavy atom. The van der Waals surface area contributed by atoms with E-state index in [1.807, 2.05) is 22.9 Å². The van der Waals surface area contributed by atoms with E-state index in [4.69, 9.17) is 5.73 Å². The van der Waals surface area contributed by atoms with Crippen molar-refractivity contribution in [1.29, 1.82) is 0 Å². The van der Waals surface area contributed by atoms with Crippen molar-refractivity contribution in [1.82, 2.24) is 19.7 Å². The third kappa shape index (κ3) is 1.59. The van der Waals surface area contributed by atoms with Crippen LogP contribution in [0.25, 0.3) is 11.5 Å². The molecule has 3 rings (SSSR count). The van der Waals surface area contributed by atoms with Crippen molar-refractivity contribution in [2.45, 2.75) is 25.4 Å². The average Bonchev–Trinajstić information content (AvgIpc) is 2.73. The van der Waals surface area contributed by atoms with Gasteiger partial charge >= 0.3 is 0 Å². The van der Waals surface area contributed by atoms with Crippen LogP contribution in [-0.2, 0) is 13.0 Å². The first-order valence-electron chi connectivity index (χ1n) is 5.43. The van der Waals surface area contributed by atoms with Crippen LogP contribution in [0.5, 0.6) is 0 Å². The van der Waals surface area contributed by atoms with Crippen LogP contribution in [0.3, 0.4) is 0 Å². The number of hydrogen-bond donors (Lipinski definition) is 1. The van der Waals surface area contributed by atoms with Crippen LogP contribution in [0.1, 0.15) is 12.2 Å². The fraction of sp³-hybridized carbons (Fsp3) is 0.364. The van der Waals surface area contributed by atoms with Gasteiger partial charge in [-0.25, -0.2) is 9.67 Å². The fourth-order valence-electron chi connectivity index (χ4n) is 1.94. The van der Waals surface area contributed by atoms with E-state index in [-0.39, 0.29) is 6.04 Å². The molecule has 0 aromatic carbocycles. The maximum atomic E-state index is 5.89. The van der Waals surface area contributed by atoms with Gasteiger partial charge in [-0.15, -0.1) is 5.10 Å². The number of rotatable bonds is 1. The second kappa shape index (κ2) is 3.68. The van der Waals surface area contributed by atoms with Crippen molar-refractivity contribution in [3.05, 3.63) is 30.2 Å². The topological polar surface area (TPSA) is 69.6 Å². The molecule has 5 heteroatoms. The van der Waals surface area contributed by atoms with Crippen molar-refractivity contribution in [2.75, 3.05) is 0 Å². The molecule has 2 aromatic rings. The first-order chi connectivity index (χ1) is 7.83. The lowest BCUT2D eigenvalue weighted by molar-refractivity contribution is 0.422. The van der Waals surface area contributed by atoms with E-state index in [1.165, 1.54) is 0 Å². The normalized spacial score (nSPS) is 19.4.